The fourth-order valence-corrected chi connectivity index (χ4v) is 3.31. The van der Waals surface area contributed by atoms with Crippen LogP contribution in [0.3, 0.4) is 0 Å². The maximum absolute atomic E-state index is 12.4. The van der Waals surface area contributed by atoms with Crippen LogP contribution in [0.1, 0.15) is 18.4 Å². The molecule has 0 bridgehead atoms. The number of piperidine rings is 1. The van der Waals surface area contributed by atoms with Crippen LogP contribution in [0, 0.1) is 5.92 Å². The van der Waals surface area contributed by atoms with Crippen LogP contribution in [0.5, 0.6) is 5.75 Å². The highest BCUT2D eigenvalue weighted by molar-refractivity contribution is 6.30. The summed E-state index contributed by atoms with van der Waals surface area (Å²) in [6.07, 6.45) is -3.27. The van der Waals surface area contributed by atoms with E-state index in [1.807, 2.05) is 24.3 Å². The molecular formula is C20H20ClF3N2O2. The number of rotatable bonds is 5. The van der Waals surface area contributed by atoms with Gasteiger partial charge in [-0.25, -0.2) is 0 Å². The zero-order valence-corrected chi connectivity index (χ0v) is 15.8. The lowest BCUT2D eigenvalue weighted by molar-refractivity contribution is -0.274. The predicted octanol–water partition coefficient (Wildman–Crippen LogP) is 5.09. The molecule has 0 unspecified atom stereocenters. The van der Waals surface area contributed by atoms with Gasteiger partial charge in [0.05, 0.1) is 0 Å². The van der Waals surface area contributed by atoms with Gasteiger partial charge in [-0.2, -0.15) is 0 Å². The van der Waals surface area contributed by atoms with Crippen LogP contribution in [-0.4, -0.2) is 30.3 Å². The van der Waals surface area contributed by atoms with Crippen LogP contribution in [0.2, 0.25) is 5.02 Å². The fourth-order valence-electron chi connectivity index (χ4n) is 3.19. The highest BCUT2D eigenvalue weighted by atomic mass is 35.5. The molecule has 0 aromatic heterocycles. The molecule has 1 amide bonds. The Bertz CT molecular complexity index is 787. The molecule has 4 nitrogen and oxygen atoms in total. The van der Waals surface area contributed by atoms with Crippen LogP contribution in [-0.2, 0) is 11.3 Å². The minimum absolute atomic E-state index is 0.115. The lowest BCUT2D eigenvalue weighted by Crippen LogP contribution is -2.37. The summed E-state index contributed by atoms with van der Waals surface area (Å²) in [4.78, 5) is 14.7. The maximum atomic E-state index is 12.4. The fraction of sp³-hybridized carbons (Fsp3) is 0.350. The van der Waals surface area contributed by atoms with E-state index in [2.05, 4.69) is 15.0 Å². The Balaban J connectivity index is 1.46. The lowest BCUT2D eigenvalue weighted by atomic mass is 9.95. The Labute approximate surface area is 166 Å². The monoisotopic (exact) mass is 412 g/mol. The summed E-state index contributed by atoms with van der Waals surface area (Å²) in [5.74, 6) is -0.552. The zero-order valence-electron chi connectivity index (χ0n) is 15.0. The van der Waals surface area contributed by atoms with Crippen LogP contribution in [0.25, 0.3) is 0 Å². The summed E-state index contributed by atoms with van der Waals surface area (Å²) in [6, 6.07) is 12.9. The number of hydrogen-bond acceptors (Lipinski definition) is 3. The number of ether oxygens (including phenoxy) is 1. The molecule has 0 aliphatic carbocycles. The molecule has 2 aromatic rings. The van der Waals surface area contributed by atoms with E-state index in [-0.39, 0.29) is 17.6 Å². The van der Waals surface area contributed by atoms with Gasteiger partial charge in [-0.1, -0.05) is 23.7 Å². The molecule has 1 heterocycles. The van der Waals surface area contributed by atoms with Gasteiger partial charge in [-0.15, -0.1) is 13.2 Å². The third-order valence-electron chi connectivity index (χ3n) is 4.63. The molecule has 28 heavy (non-hydrogen) atoms. The Morgan fingerprint density at radius 2 is 1.68 bits per heavy atom. The molecule has 8 heteroatoms. The molecule has 1 aliphatic heterocycles. The zero-order chi connectivity index (χ0) is 20.1. The first-order valence-corrected chi connectivity index (χ1v) is 9.30. The molecule has 1 saturated heterocycles. The number of nitrogens with zero attached hydrogens (tertiary/aromatic N) is 1. The van der Waals surface area contributed by atoms with Gasteiger partial charge in [0, 0.05) is 23.2 Å². The molecule has 1 N–H and O–H groups in total. The molecule has 0 atom stereocenters. The second kappa shape index (κ2) is 8.84. The van der Waals surface area contributed by atoms with Crippen molar-refractivity contribution in [2.24, 2.45) is 5.92 Å². The number of nitrogens with one attached hydrogen (secondary N) is 1. The van der Waals surface area contributed by atoms with E-state index in [9.17, 15) is 18.0 Å². The molecular weight excluding hydrogens is 393 g/mol. The van der Waals surface area contributed by atoms with E-state index in [4.69, 9.17) is 11.6 Å². The predicted molar refractivity (Wildman–Crippen MR) is 101 cm³/mol. The average molecular weight is 413 g/mol. The molecule has 150 valence electrons. The topological polar surface area (TPSA) is 41.6 Å². The highest BCUT2D eigenvalue weighted by Crippen LogP contribution is 2.25. The summed E-state index contributed by atoms with van der Waals surface area (Å²) < 4.78 is 40.4. The van der Waals surface area contributed by atoms with Crippen LogP contribution >= 0.6 is 11.6 Å². The Morgan fingerprint density at radius 1 is 1.07 bits per heavy atom. The van der Waals surface area contributed by atoms with Crippen molar-refractivity contribution < 1.29 is 22.7 Å². The van der Waals surface area contributed by atoms with Crippen molar-refractivity contribution >= 4 is 23.2 Å². The van der Waals surface area contributed by atoms with Gasteiger partial charge in [-0.05, 0) is 67.9 Å². The minimum Gasteiger partial charge on any atom is -0.406 e. The number of carbonyl (C=O) groups is 1. The summed E-state index contributed by atoms with van der Waals surface area (Å²) >= 11 is 5.90. The summed E-state index contributed by atoms with van der Waals surface area (Å²) in [7, 11) is 0. The SMILES string of the molecule is O=C(Nc1ccc(OC(F)(F)F)cc1)C1CCN(Cc2ccc(Cl)cc2)CC1. The molecule has 0 radical (unpaired) electrons. The first-order valence-electron chi connectivity index (χ1n) is 8.92. The summed E-state index contributed by atoms with van der Waals surface area (Å²) in [5, 5.41) is 3.47. The Kier molecular flexibility index (Phi) is 6.46. The van der Waals surface area contributed by atoms with E-state index in [1.165, 1.54) is 29.8 Å². The third-order valence-corrected chi connectivity index (χ3v) is 4.89. The molecule has 1 aliphatic rings. The standard InChI is InChI=1S/C20H20ClF3N2O2/c21-16-3-1-14(2-4-16)13-26-11-9-15(10-12-26)19(27)25-17-5-7-18(8-6-17)28-20(22,23)24/h1-8,15H,9-13H2,(H,25,27). The number of carbonyl (C=O) groups excluding carboxylic acids is 1. The van der Waals surface area contributed by atoms with Crippen LogP contribution in [0.4, 0.5) is 18.9 Å². The van der Waals surface area contributed by atoms with E-state index in [1.54, 1.807) is 0 Å². The van der Waals surface area contributed by atoms with Crippen molar-refractivity contribution in [2.45, 2.75) is 25.7 Å². The van der Waals surface area contributed by atoms with Crippen LogP contribution < -0.4 is 10.1 Å². The van der Waals surface area contributed by atoms with Gasteiger partial charge in [0.1, 0.15) is 5.75 Å². The third kappa shape index (κ3) is 6.14. The molecule has 2 aromatic carbocycles. The van der Waals surface area contributed by atoms with Crippen molar-refractivity contribution in [1.29, 1.82) is 0 Å². The van der Waals surface area contributed by atoms with Crippen molar-refractivity contribution in [2.75, 3.05) is 18.4 Å². The van der Waals surface area contributed by atoms with Gasteiger partial charge in [-0.3, -0.25) is 9.69 Å². The molecule has 0 spiro atoms. The highest BCUT2D eigenvalue weighted by Gasteiger charge is 2.31. The lowest BCUT2D eigenvalue weighted by Gasteiger charge is -2.31. The second-order valence-electron chi connectivity index (χ2n) is 6.74. The number of likely N-dealkylation sites (tertiary alicyclic amines) is 1. The van der Waals surface area contributed by atoms with Gasteiger partial charge in [0.2, 0.25) is 5.91 Å². The first-order chi connectivity index (χ1) is 13.3. The Hall–Kier alpha value is -2.25. The smallest absolute Gasteiger partial charge is 0.406 e. The van der Waals surface area contributed by atoms with Gasteiger partial charge >= 0.3 is 6.36 Å². The van der Waals surface area contributed by atoms with Gasteiger partial charge < -0.3 is 10.1 Å². The van der Waals surface area contributed by atoms with Crippen molar-refractivity contribution in [3.05, 3.63) is 59.1 Å². The van der Waals surface area contributed by atoms with E-state index < -0.39 is 6.36 Å². The van der Waals surface area contributed by atoms with E-state index >= 15 is 0 Å². The number of hydrogen-bond donors (Lipinski definition) is 1. The molecule has 3 rings (SSSR count). The quantitative estimate of drug-likeness (QED) is 0.743. The number of alkyl halides is 3. The largest absolute Gasteiger partial charge is 0.573 e. The van der Waals surface area contributed by atoms with Crippen molar-refractivity contribution in [1.82, 2.24) is 4.90 Å². The van der Waals surface area contributed by atoms with Gasteiger partial charge in [0.15, 0.2) is 0 Å². The van der Waals surface area contributed by atoms with Gasteiger partial charge in [0.25, 0.3) is 0 Å². The Morgan fingerprint density at radius 3 is 2.25 bits per heavy atom. The normalized spacial score (nSPS) is 16.0. The first kappa shape index (κ1) is 20.5. The van der Waals surface area contributed by atoms with Crippen molar-refractivity contribution in [3.63, 3.8) is 0 Å². The summed E-state index contributed by atoms with van der Waals surface area (Å²) in [5.41, 5.74) is 1.62. The van der Waals surface area contributed by atoms with E-state index in [0.717, 1.165) is 32.5 Å². The molecule has 0 saturated carbocycles. The number of benzene rings is 2. The maximum Gasteiger partial charge on any atom is 0.573 e. The second-order valence-corrected chi connectivity index (χ2v) is 7.17. The number of halogens is 4. The van der Waals surface area contributed by atoms with Crippen molar-refractivity contribution in [3.8, 4) is 5.75 Å². The number of amides is 1. The van der Waals surface area contributed by atoms with E-state index in [0.29, 0.717) is 10.7 Å². The van der Waals surface area contributed by atoms with Crippen LogP contribution in [0.15, 0.2) is 48.5 Å². The number of anilines is 1. The average Bonchev–Trinajstić information content (AvgIpc) is 2.65. The molecule has 1 fully saturated rings. The minimum atomic E-state index is -4.73. The summed E-state index contributed by atoms with van der Waals surface area (Å²) in [6.45, 7) is 2.42.